The van der Waals surface area contributed by atoms with Crippen LogP contribution < -0.4 is 0 Å². The number of aromatic nitrogens is 4. The van der Waals surface area contributed by atoms with Gasteiger partial charge in [0.2, 0.25) is 0 Å². The fraction of sp³-hybridized carbons (Fsp3) is 0.400. The topological polar surface area (TPSA) is 77.8 Å². The molecule has 0 saturated heterocycles. The van der Waals surface area contributed by atoms with Gasteiger partial charge in [0.25, 0.3) is 0 Å². The molecule has 4 aromatic rings. The van der Waals surface area contributed by atoms with Crippen molar-refractivity contribution in [3.63, 3.8) is 0 Å². The van der Waals surface area contributed by atoms with E-state index in [1.807, 2.05) is 12.1 Å². The number of rotatable bonds is 3. The molecule has 0 atom stereocenters. The summed E-state index contributed by atoms with van der Waals surface area (Å²) in [6.07, 6.45) is 0.828. The summed E-state index contributed by atoms with van der Waals surface area (Å²) < 4.78 is 9.86. The highest BCUT2D eigenvalue weighted by atomic mass is 16.6. The second-order valence-corrected chi connectivity index (χ2v) is 8.51. The zero-order valence-corrected chi connectivity index (χ0v) is 15.7. The fourth-order valence-electron chi connectivity index (χ4n) is 3.64. The van der Waals surface area contributed by atoms with Gasteiger partial charge in [0.15, 0.2) is 0 Å². The molecule has 0 aliphatic heterocycles. The zero-order valence-electron chi connectivity index (χ0n) is 15.7. The fourth-order valence-corrected chi connectivity index (χ4v) is 3.64. The molecule has 134 valence electrons. The lowest BCUT2D eigenvalue weighted by Crippen LogP contribution is -2.24. The van der Waals surface area contributed by atoms with E-state index in [9.17, 15) is 0 Å². The summed E-state index contributed by atoms with van der Waals surface area (Å²) in [5.74, 6) is 0. The van der Waals surface area contributed by atoms with E-state index < -0.39 is 0 Å². The van der Waals surface area contributed by atoms with E-state index >= 15 is 0 Å². The van der Waals surface area contributed by atoms with Crippen molar-refractivity contribution < 1.29 is 9.26 Å². The van der Waals surface area contributed by atoms with Crippen LogP contribution in [0, 0.1) is 0 Å². The minimum absolute atomic E-state index is 0.0139. The Morgan fingerprint density at radius 1 is 0.769 bits per heavy atom. The second-order valence-electron chi connectivity index (χ2n) is 8.51. The molecule has 6 nitrogen and oxygen atoms in total. The minimum Gasteiger partial charge on any atom is -0.243 e. The van der Waals surface area contributed by atoms with Gasteiger partial charge in [0.05, 0.1) is 0 Å². The van der Waals surface area contributed by atoms with Gasteiger partial charge in [0, 0.05) is 0 Å². The Bertz CT molecular complexity index is 1090. The van der Waals surface area contributed by atoms with Crippen LogP contribution in [0.25, 0.3) is 22.1 Å². The summed E-state index contributed by atoms with van der Waals surface area (Å²) in [6.45, 7) is 11.1. The van der Waals surface area contributed by atoms with E-state index in [-0.39, 0.29) is 10.8 Å². The molecule has 4 rings (SSSR count). The van der Waals surface area contributed by atoms with Gasteiger partial charge < -0.3 is 0 Å². The van der Waals surface area contributed by atoms with Crippen LogP contribution in [-0.2, 0) is 17.3 Å². The van der Waals surface area contributed by atoms with Gasteiger partial charge in [0.1, 0.15) is 22.1 Å². The number of nitrogens with zero attached hydrogens (tertiary/aromatic N) is 4. The van der Waals surface area contributed by atoms with Crippen molar-refractivity contribution in [1.82, 2.24) is 20.6 Å². The van der Waals surface area contributed by atoms with Gasteiger partial charge in [-0.25, -0.2) is 9.26 Å². The van der Waals surface area contributed by atoms with Crippen LogP contribution in [0.3, 0.4) is 0 Å². The highest BCUT2D eigenvalue weighted by molar-refractivity contribution is 5.79. The second kappa shape index (κ2) is 5.62. The molecule has 6 heteroatoms. The van der Waals surface area contributed by atoms with Crippen molar-refractivity contribution in [3.05, 3.63) is 47.0 Å². The van der Waals surface area contributed by atoms with Crippen molar-refractivity contribution in [1.29, 1.82) is 0 Å². The van der Waals surface area contributed by atoms with Crippen molar-refractivity contribution >= 4 is 22.1 Å². The van der Waals surface area contributed by atoms with Gasteiger partial charge >= 0.3 is 0 Å². The van der Waals surface area contributed by atoms with E-state index in [4.69, 9.17) is 9.26 Å². The Balaban J connectivity index is 1.84. The molecule has 2 heterocycles. The Kier molecular flexibility index (Phi) is 3.61. The molecule has 2 aromatic heterocycles. The third kappa shape index (κ3) is 2.75. The third-order valence-corrected chi connectivity index (χ3v) is 4.93. The standard InChI is InChI=1S/C20H22N4O2/c1-19(2,3)14-10-17-16(22-25-23-17)9-12(14)11-20(4,5)13-7-6-8-15-18(13)24-26-21-15/h6-10H,11H2,1-5H3. The molecule has 0 saturated carbocycles. The van der Waals surface area contributed by atoms with Crippen LogP contribution in [0.1, 0.15) is 51.3 Å². The molecule has 0 N–H and O–H groups in total. The number of benzene rings is 2. The number of hydrogen-bond acceptors (Lipinski definition) is 6. The van der Waals surface area contributed by atoms with Gasteiger partial charge in [-0.2, -0.15) is 0 Å². The van der Waals surface area contributed by atoms with E-state index in [0.717, 1.165) is 34.1 Å². The van der Waals surface area contributed by atoms with E-state index in [1.165, 1.54) is 11.1 Å². The first-order chi connectivity index (χ1) is 12.3. The monoisotopic (exact) mass is 350 g/mol. The molecule has 0 aliphatic rings. The largest absolute Gasteiger partial charge is 0.243 e. The van der Waals surface area contributed by atoms with Crippen LogP contribution in [0.2, 0.25) is 0 Å². The normalized spacial score (nSPS) is 13.0. The third-order valence-electron chi connectivity index (χ3n) is 4.93. The van der Waals surface area contributed by atoms with Crippen molar-refractivity contribution in [3.8, 4) is 0 Å². The summed E-state index contributed by atoms with van der Waals surface area (Å²) >= 11 is 0. The first kappa shape index (κ1) is 16.7. The predicted molar refractivity (Wildman–Crippen MR) is 99.0 cm³/mol. The highest BCUT2D eigenvalue weighted by Crippen LogP contribution is 2.36. The van der Waals surface area contributed by atoms with Gasteiger partial charge in [-0.05, 0) is 72.8 Å². The summed E-state index contributed by atoms with van der Waals surface area (Å²) in [4.78, 5) is 0. The zero-order chi connectivity index (χ0) is 18.5. The average Bonchev–Trinajstić information content (AvgIpc) is 3.20. The van der Waals surface area contributed by atoms with Crippen LogP contribution in [0.15, 0.2) is 39.6 Å². The van der Waals surface area contributed by atoms with E-state index in [2.05, 4.69) is 73.4 Å². The molecule has 0 fully saturated rings. The summed E-state index contributed by atoms with van der Waals surface area (Å²) in [5.41, 5.74) is 6.60. The SMILES string of the molecule is CC(C)(C)c1cc2nonc2cc1CC(C)(C)c1cccc2nonc12. The summed E-state index contributed by atoms with van der Waals surface area (Å²) in [6, 6.07) is 10.2. The molecular weight excluding hydrogens is 328 g/mol. The molecular formula is C20H22N4O2. The number of hydrogen-bond donors (Lipinski definition) is 0. The minimum atomic E-state index is -0.164. The van der Waals surface area contributed by atoms with Crippen LogP contribution >= 0.6 is 0 Å². The lowest BCUT2D eigenvalue weighted by atomic mass is 9.74. The first-order valence-corrected chi connectivity index (χ1v) is 8.73. The Labute approximate surface area is 151 Å². The maximum atomic E-state index is 4.95. The molecule has 0 aliphatic carbocycles. The van der Waals surface area contributed by atoms with Gasteiger partial charge in [-0.3, -0.25) is 0 Å². The molecule has 26 heavy (non-hydrogen) atoms. The van der Waals surface area contributed by atoms with Gasteiger partial charge in [-0.1, -0.05) is 46.8 Å². The molecule has 0 amide bonds. The Morgan fingerprint density at radius 3 is 2.15 bits per heavy atom. The quantitative estimate of drug-likeness (QED) is 0.538. The van der Waals surface area contributed by atoms with Crippen molar-refractivity contribution in [2.75, 3.05) is 0 Å². The average molecular weight is 350 g/mol. The maximum Gasteiger partial charge on any atom is 0.138 e. The molecule has 0 unspecified atom stereocenters. The smallest absolute Gasteiger partial charge is 0.138 e. The lowest BCUT2D eigenvalue weighted by molar-refractivity contribution is 0.315. The van der Waals surface area contributed by atoms with E-state index in [0.29, 0.717) is 0 Å². The van der Waals surface area contributed by atoms with Crippen LogP contribution in [0.4, 0.5) is 0 Å². The van der Waals surface area contributed by atoms with Crippen LogP contribution in [-0.4, -0.2) is 20.6 Å². The molecule has 2 aromatic carbocycles. The predicted octanol–water partition coefficient (Wildman–Crippen LogP) is 4.58. The van der Waals surface area contributed by atoms with Gasteiger partial charge in [-0.15, -0.1) is 0 Å². The maximum absolute atomic E-state index is 4.95. The summed E-state index contributed by atoms with van der Waals surface area (Å²) in [5, 5.41) is 16.1. The first-order valence-electron chi connectivity index (χ1n) is 8.73. The Hall–Kier alpha value is -2.76. The van der Waals surface area contributed by atoms with Crippen molar-refractivity contribution in [2.45, 2.75) is 51.9 Å². The van der Waals surface area contributed by atoms with E-state index in [1.54, 1.807) is 0 Å². The highest BCUT2D eigenvalue weighted by Gasteiger charge is 2.29. The lowest BCUT2D eigenvalue weighted by Gasteiger charge is -2.29. The Morgan fingerprint density at radius 2 is 1.42 bits per heavy atom. The molecule has 0 radical (unpaired) electrons. The summed E-state index contributed by atoms with van der Waals surface area (Å²) in [7, 11) is 0. The molecule has 0 bridgehead atoms. The molecule has 0 spiro atoms. The van der Waals surface area contributed by atoms with Crippen LogP contribution in [0.5, 0.6) is 0 Å². The van der Waals surface area contributed by atoms with Crippen molar-refractivity contribution in [2.24, 2.45) is 0 Å². The number of fused-ring (bicyclic) bond motifs is 2.